The van der Waals surface area contributed by atoms with Gasteiger partial charge in [-0.15, -0.1) is 19.5 Å². The molecule has 170 valence electrons. The molecular formula is C20H14N8O2S4. The van der Waals surface area contributed by atoms with Crippen molar-refractivity contribution in [3.8, 4) is 11.5 Å². The molecule has 0 fully saturated rings. The summed E-state index contributed by atoms with van der Waals surface area (Å²) in [7, 11) is 0. The topological polar surface area (TPSA) is 127 Å². The molecule has 0 unspecified atom stereocenters. The van der Waals surface area contributed by atoms with Crippen LogP contribution >= 0.6 is 47.0 Å². The molecule has 0 saturated heterocycles. The summed E-state index contributed by atoms with van der Waals surface area (Å²) in [5.74, 6) is 1.62. The minimum absolute atomic E-state index is 0.166. The van der Waals surface area contributed by atoms with E-state index in [0.717, 1.165) is 30.3 Å². The van der Waals surface area contributed by atoms with Gasteiger partial charge in [0.2, 0.25) is 0 Å². The zero-order chi connectivity index (χ0) is 23.5. The number of phenolic OH excluding ortho intramolecular Hbond substituents is 2. The number of nitrogens with zero attached hydrogens (tertiary/aromatic N) is 8. The third-order valence-electron chi connectivity index (χ3n) is 5.51. The highest BCUT2D eigenvalue weighted by atomic mass is 32.2. The monoisotopic (exact) mass is 526 g/mol. The number of hydrogen-bond acceptors (Lipinski definition) is 12. The van der Waals surface area contributed by atoms with Crippen molar-refractivity contribution in [1.29, 1.82) is 0 Å². The first-order chi connectivity index (χ1) is 16.3. The third-order valence-corrected chi connectivity index (χ3v) is 10.7. The average Bonchev–Trinajstić information content (AvgIpc) is 3.57. The first kappa shape index (κ1) is 20.7. The fraction of sp³-hybridized carbons (Fsp3) is 0.200. The van der Waals surface area contributed by atoms with Gasteiger partial charge in [0.15, 0.2) is 11.3 Å². The molecule has 2 aliphatic rings. The Morgan fingerprint density at radius 3 is 1.26 bits per heavy atom. The molecule has 0 spiro atoms. The molecule has 34 heavy (non-hydrogen) atoms. The smallest absolute Gasteiger partial charge is 0.187 e. The largest absolute Gasteiger partial charge is 0.505 e. The van der Waals surface area contributed by atoms with Crippen LogP contribution in [0.15, 0.2) is 19.6 Å². The van der Waals surface area contributed by atoms with Crippen LogP contribution in [0, 0.1) is 27.7 Å². The summed E-state index contributed by atoms with van der Waals surface area (Å²) in [6.07, 6.45) is 0. The Labute approximate surface area is 208 Å². The quantitative estimate of drug-likeness (QED) is 0.288. The highest BCUT2D eigenvalue weighted by Crippen LogP contribution is 2.67. The summed E-state index contributed by atoms with van der Waals surface area (Å²) in [4.78, 5) is 11.6. The van der Waals surface area contributed by atoms with E-state index < -0.39 is 0 Å². The van der Waals surface area contributed by atoms with E-state index in [0.29, 0.717) is 42.5 Å². The van der Waals surface area contributed by atoms with Gasteiger partial charge in [-0.1, -0.05) is 47.0 Å². The van der Waals surface area contributed by atoms with Crippen molar-refractivity contribution in [2.75, 3.05) is 0 Å². The van der Waals surface area contributed by atoms with Gasteiger partial charge >= 0.3 is 0 Å². The van der Waals surface area contributed by atoms with Crippen molar-refractivity contribution < 1.29 is 10.2 Å². The molecule has 0 radical (unpaired) electrons. The molecule has 14 heteroatoms. The highest BCUT2D eigenvalue weighted by Gasteiger charge is 2.36. The van der Waals surface area contributed by atoms with Crippen LogP contribution in [-0.2, 0) is 0 Å². The maximum Gasteiger partial charge on any atom is 0.187 e. The summed E-state index contributed by atoms with van der Waals surface area (Å²) < 4.78 is 4.89. The van der Waals surface area contributed by atoms with Crippen LogP contribution in [0.3, 0.4) is 0 Å². The molecule has 5 aromatic rings. The number of rotatable bonds is 0. The Bertz CT molecular complexity index is 1670. The molecule has 4 aromatic heterocycles. The van der Waals surface area contributed by atoms with Gasteiger partial charge in [0.25, 0.3) is 0 Å². The minimum Gasteiger partial charge on any atom is -0.505 e. The van der Waals surface area contributed by atoms with Crippen molar-refractivity contribution in [3.05, 3.63) is 33.5 Å². The second kappa shape index (κ2) is 6.93. The molecule has 2 aliphatic heterocycles. The summed E-state index contributed by atoms with van der Waals surface area (Å²) in [6, 6.07) is 0. The van der Waals surface area contributed by atoms with Gasteiger partial charge < -0.3 is 10.2 Å². The fourth-order valence-electron chi connectivity index (χ4n) is 4.08. The van der Waals surface area contributed by atoms with E-state index in [1.807, 2.05) is 27.7 Å². The molecule has 0 amide bonds. The van der Waals surface area contributed by atoms with Gasteiger partial charge in [-0.25, -0.2) is 9.97 Å². The highest BCUT2D eigenvalue weighted by molar-refractivity contribution is 8.33. The SMILES string of the molecule is Cc1nc2c(=C3Sc4c(O)c5c(c(O)c4S3)SC(=c3c(C)nn4nc(C)nc34)S5)c(C)nn2n1. The zero-order valence-electron chi connectivity index (χ0n) is 18.1. The summed E-state index contributed by atoms with van der Waals surface area (Å²) >= 11 is 5.70. The van der Waals surface area contributed by atoms with E-state index in [2.05, 4.69) is 30.4 Å². The summed E-state index contributed by atoms with van der Waals surface area (Å²) in [6.45, 7) is 7.47. The van der Waals surface area contributed by atoms with Gasteiger partial charge in [-0.3, -0.25) is 0 Å². The Kier molecular flexibility index (Phi) is 4.21. The first-order valence-corrected chi connectivity index (χ1v) is 13.4. The van der Waals surface area contributed by atoms with E-state index >= 15 is 0 Å². The normalized spacial score (nSPS) is 15.3. The van der Waals surface area contributed by atoms with Crippen LogP contribution < -0.4 is 10.4 Å². The number of phenols is 2. The lowest BCUT2D eigenvalue weighted by atomic mass is 10.3. The van der Waals surface area contributed by atoms with E-state index in [-0.39, 0.29) is 11.5 Å². The van der Waals surface area contributed by atoms with E-state index in [1.165, 1.54) is 56.3 Å². The van der Waals surface area contributed by atoms with E-state index in [4.69, 9.17) is 0 Å². The average molecular weight is 527 g/mol. The van der Waals surface area contributed by atoms with Crippen LogP contribution in [0.1, 0.15) is 23.0 Å². The van der Waals surface area contributed by atoms with Gasteiger partial charge in [-0.2, -0.15) is 10.2 Å². The summed E-state index contributed by atoms with van der Waals surface area (Å²) in [5.41, 5.74) is 2.96. The maximum absolute atomic E-state index is 11.3. The lowest BCUT2D eigenvalue weighted by molar-refractivity contribution is 0.411. The number of aryl methyl sites for hydroxylation is 4. The van der Waals surface area contributed by atoms with Crippen molar-refractivity contribution in [2.45, 2.75) is 47.3 Å². The molecule has 10 nitrogen and oxygen atoms in total. The van der Waals surface area contributed by atoms with Gasteiger partial charge in [0.05, 0.1) is 49.9 Å². The Morgan fingerprint density at radius 1 is 0.559 bits per heavy atom. The lowest BCUT2D eigenvalue weighted by Gasteiger charge is -2.08. The number of thioether (sulfide) groups is 4. The maximum atomic E-state index is 11.3. The fourth-order valence-corrected chi connectivity index (χ4v) is 9.70. The molecule has 1 aromatic carbocycles. The van der Waals surface area contributed by atoms with Gasteiger partial charge in [0, 0.05) is 0 Å². The van der Waals surface area contributed by atoms with Crippen molar-refractivity contribution in [3.63, 3.8) is 0 Å². The number of benzene rings is 1. The van der Waals surface area contributed by atoms with Crippen molar-refractivity contribution in [2.24, 2.45) is 0 Å². The standard InChI is InChI=1S/C20H14N8O2S4/c1-5-9(17-21-7(3)25-27(17)23-5)19-31-13-11(29)15-16(12(30)14(13)32-19)34-20(33-15)10-6(2)24-28-18(10)22-8(4)26-28/h29-30H,1-4H3. The van der Waals surface area contributed by atoms with E-state index in [1.54, 1.807) is 0 Å². The molecular weight excluding hydrogens is 513 g/mol. The molecule has 0 aliphatic carbocycles. The number of aromatic nitrogens is 8. The van der Waals surface area contributed by atoms with Gasteiger partial charge in [0.1, 0.15) is 23.1 Å². The molecule has 0 atom stereocenters. The predicted octanol–water partition coefficient (Wildman–Crippen LogP) is 2.57. The van der Waals surface area contributed by atoms with Crippen LogP contribution in [0.4, 0.5) is 0 Å². The molecule has 6 heterocycles. The number of hydrogen-bond donors (Lipinski definition) is 2. The van der Waals surface area contributed by atoms with Crippen molar-refractivity contribution >= 4 is 66.8 Å². The zero-order valence-corrected chi connectivity index (χ0v) is 21.4. The first-order valence-electron chi connectivity index (χ1n) is 10.1. The van der Waals surface area contributed by atoms with Crippen LogP contribution in [0.2, 0.25) is 0 Å². The Balaban J connectivity index is 1.40. The molecule has 2 N–H and O–H groups in total. The van der Waals surface area contributed by atoms with Crippen LogP contribution in [0.25, 0.3) is 19.8 Å². The van der Waals surface area contributed by atoms with Crippen LogP contribution in [-0.4, -0.2) is 49.8 Å². The predicted molar refractivity (Wildman–Crippen MR) is 131 cm³/mol. The number of aromatic hydroxyl groups is 2. The lowest BCUT2D eigenvalue weighted by Crippen LogP contribution is -2.05. The second-order valence-electron chi connectivity index (χ2n) is 7.86. The van der Waals surface area contributed by atoms with Crippen molar-refractivity contribution in [1.82, 2.24) is 39.6 Å². The third kappa shape index (κ3) is 2.70. The van der Waals surface area contributed by atoms with Crippen LogP contribution in [0.5, 0.6) is 11.5 Å². The Hall–Kier alpha value is -2.68. The minimum atomic E-state index is 0.166. The number of fused-ring (bicyclic) bond motifs is 4. The molecule has 0 saturated carbocycles. The molecule has 0 bridgehead atoms. The van der Waals surface area contributed by atoms with E-state index in [9.17, 15) is 10.2 Å². The molecule has 7 rings (SSSR count). The summed E-state index contributed by atoms with van der Waals surface area (Å²) in [5, 5.41) is 41.8. The Morgan fingerprint density at radius 2 is 0.912 bits per heavy atom. The second-order valence-corrected chi connectivity index (χ2v) is 12.5. The van der Waals surface area contributed by atoms with Gasteiger partial charge in [-0.05, 0) is 27.7 Å².